The van der Waals surface area contributed by atoms with Crippen LogP contribution in [-0.4, -0.2) is 0 Å². The molecule has 342 valence electrons. The number of benzene rings is 11. The van der Waals surface area contributed by atoms with E-state index in [1.807, 2.05) is 0 Å². The summed E-state index contributed by atoms with van der Waals surface area (Å²) in [4.78, 5) is 4.94. The van der Waals surface area contributed by atoms with Gasteiger partial charge in [0.25, 0.3) is 0 Å². The van der Waals surface area contributed by atoms with Crippen LogP contribution in [0.1, 0.15) is 47.2 Å². The van der Waals surface area contributed by atoms with Crippen LogP contribution >= 0.6 is 0 Å². The molecule has 1 unspecified atom stereocenters. The average molecular weight is 921 g/mol. The van der Waals surface area contributed by atoms with Crippen molar-refractivity contribution in [3.63, 3.8) is 0 Å². The van der Waals surface area contributed by atoms with Gasteiger partial charge in [-0.15, -0.1) is 0 Å². The number of para-hydroxylation sites is 3. The maximum absolute atomic E-state index is 2.52. The third kappa shape index (κ3) is 6.86. The molecule has 0 fully saturated rings. The lowest BCUT2D eigenvalue weighted by Crippen LogP contribution is -2.29. The Morgan fingerprint density at radius 1 is 0.250 bits per heavy atom. The summed E-state index contributed by atoms with van der Waals surface area (Å²) in [5.41, 5.74) is 23.0. The molecule has 0 N–H and O–H groups in total. The quantitative estimate of drug-likeness (QED) is 0.135. The normalized spacial score (nSPS) is 14.7. The minimum Gasteiger partial charge on any atom is -0.310 e. The predicted octanol–water partition coefficient (Wildman–Crippen LogP) is 18.6. The van der Waals surface area contributed by atoms with Crippen molar-refractivity contribution in [1.29, 1.82) is 0 Å². The summed E-state index contributed by atoms with van der Waals surface area (Å²) < 4.78 is 0. The van der Waals surface area contributed by atoms with Gasteiger partial charge >= 0.3 is 0 Å². The van der Waals surface area contributed by atoms with Gasteiger partial charge in [0, 0.05) is 39.3 Å². The summed E-state index contributed by atoms with van der Waals surface area (Å²) in [6, 6.07) is 103. The lowest BCUT2D eigenvalue weighted by Gasteiger charge is -2.37. The number of rotatable bonds is 10. The number of anilines is 6. The van der Waals surface area contributed by atoms with Gasteiger partial charge in [-0.25, -0.2) is 0 Å². The van der Waals surface area contributed by atoms with Crippen molar-refractivity contribution in [2.24, 2.45) is 0 Å². The molecule has 0 spiro atoms. The summed E-state index contributed by atoms with van der Waals surface area (Å²) >= 11 is 0. The van der Waals surface area contributed by atoms with Crippen molar-refractivity contribution in [3.8, 4) is 44.5 Å². The van der Waals surface area contributed by atoms with Crippen LogP contribution in [-0.2, 0) is 10.8 Å². The van der Waals surface area contributed by atoms with E-state index in [0.29, 0.717) is 0 Å². The zero-order valence-corrected chi connectivity index (χ0v) is 40.5. The molecule has 0 amide bonds. The summed E-state index contributed by atoms with van der Waals surface area (Å²) in [5.74, 6) is 0. The Morgan fingerprint density at radius 3 is 1.26 bits per heavy atom. The van der Waals surface area contributed by atoms with E-state index in [1.54, 1.807) is 0 Å². The predicted molar refractivity (Wildman–Crippen MR) is 302 cm³/mol. The molecule has 2 aliphatic rings. The Labute approximate surface area is 423 Å². The first-order valence-corrected chi connectivity index (χ1v) is 25.1. The fraction of sp³-hybridized carbons (Fsp3) is 0.0571. The summed E-state index contributed by atoms with van der Waals surface area (Å²) in [6.07, 6.45) is 0. The standard InChI is InChI=1S/C70H52N2/c1-69(2)63-39-23-21-37-58(63)60-44-42-56(46-65(60)69)72(55-35-19-8-20-36-55)67-45-52(41-43-57(67)49-25-9-3-10-26-49)70(51-29-13-5-14-30-51)64-40-24-22-38-59(64)62-47-61(50-27-11-4-12-28-50)68(48-66(62)70)71(53-31-15-6-16-32-53)54-33-17-7-18-34-54/h3-48H,1-2H3. The zero-order valence-electron chi connectivity index (χ0n) is 40.5. The Kier molecular flexibility index (Phi) is 10.4. The van der Waals surface area contributed by atoms with Gasteiger partial charge in [0.2, 0.25) is 0 Å². The van der Waals surface area contributed by atoms with Crippen molar-refractivity contribution < 1.29 is 0 Å². The number of hydrogen-bond donors (Lipinski definition) is 0. The van der Waals surface area contributed by atoms with Gasteiger partial charge in [0.05, 0.1) is 16.8 Å². The highest BCUT2D eigenvalue weighted by Crippen LogP contribution is 2.60. The first kappa shape index (κ1) is 43.1. The molecular weight excluding hydrogens is 869 g/mol. The second kappa shape index (κ2) is 17.5. The van der Waals surface area contributed by atoms with E-state index in [9.17, 15) is 0 Å². The zero-order chi connectivity index (χ0) is 48.2. The van der Waals surface area contributed by atoms with Gasteiger partial charge in [-0.2, -0.15) is 0 Å². The molecule has 0 bridgehead atoms. The lowest BCUT2D eigenvalue weighted by molar-refractivity contribution is 0.660. The lowest BCUT2D eigenvalue weighted by atomic mass is 9.67. The van der Waals surface area contributed by atoms with Gasteiger partial charge < -0.3 is 9.80 Å². The molecule has 0 saturated heterocycles. The van der Waals surface area contributed by atoms with Crippen LogP contribution in [0.15, 0.2) is 279 Å². The third-order valence-corrected chi connectivity index (χ3v) is 15.3. The first-order chi connectivity index (χ1) is 35.5. The molecule has 0 radical (unpaired) electrons. The van der Waals surface area contributed by atoms with Gasteiger partial charge in [-0.05, 0) is 133 Å². The van der Waals surface area contributed by atoms with Crippen molar-refractivity contribution >= 4 is 34.1 Å². The van der Waals surface area contributed by atoms with Crippen molar-refractivity contribution in [3.05, 3.63) is 312 Å². The molecule has 1 atom stereocenters. The molecule has 2 heteroatoms. The van der Waals surface area contributed by atoms with Crippen LogP contribution in [0.3, 0.4) is 0 Å². The van der Waals surface area contributed by atoms with Crippen molar-refractivity contribution in [2.45, 2.75) is 24.7 Å². The third-order valence-electron chi connectivity index (χ3n) is 15.3. The van der Waals surface area contributed by atoms with Crippen LogP contribution in [0.2, 0.25) is 0 Å². The van der Waals surface area contributed by atoms with Crippen LogP contribution in [0.5, 0.6) is 0 Å². The highest BCUT2D eigenvalue weighted by molar-refractivity contribution is 5.98. The van der Waals surface area contributed by atoms with Crippen LogP contribution < -0.4 is 9.80 Å². The highest BCUT2D eigenvalue weighted by Gasteiger charge is 2.47. The fourth-order valence-corrected chi connectivity index (χ4v) is 12.1. The number of nitrogens with zero attached hydrogens (tertiary/aromatic N) is 2. The second-order valence-electron chi connectivity index (χ2n) is 19.6. The molecule has 72 heavy (non-hydrogen) atoms. The minimum absolute atomic E-state index is 0.174. The van der Waals surface area contributed by atoms with E-state index >= 15 is 0 Å². The Balaban J connectivity index is 1.13. The maximum Gasteiger partial charge on any atom is 0.0715 e. The molecule has 0 saturated carbocycles. The van der Waals surface area contributed by atoms with E-state index in [2.05, 4.69) is 303 Å². The topological polar surface area (TPSA) is 6.48 Å². The van der Waals surface area contributed by atoms with Crippen LogP contribution in [0.4, 0.5) is 34.1 Å². The summed E-state index contributed by atoms with van der Waals surface area (Å²) in [5, 5.41) is 0. The van der Waals surface area contributed by atoms with Gasteiger partial charge in [-0.3, -0.25) is 0 Å². The molecule has 2 nitrogen and oxygen atoms in total. The van der Waals surface area contributed by atoms with Gasteiger partial charge in [0.15, 0.2) is 0 Å². The SMILES string of the molecule is CC1(C)c2ccccc2-c2ccc(N(c3ccccc3)c3cc(C4(c5ccccc5)c5ccccc5-c5cc(-c6ccccc6)c(N(c6ccccc6)c6ccccc6)cc54)ccc3-c3ccccc3)cc21. The van der Waals surface area contributed by atoms with E-state index in [-0.39, 0.29) is 5.41 Å². The van der Waals surface area contributed by atoms with E-state index < -0.39 is 5.41 Å². The number of fused-ring (bicyclic) bond motifs is 6. The molecule has 11 aromatic rings. The van der Waals surface area contributed by atoms with Crippen molar-refractivity contribution in [1.82, 2.24) is 0 Å². The van der Waals surface area contributed by atoms with E-state index in [4.69, 9.17) is 0 Å². The molecular formula is C70H52N2. The summed E-state index contributed by atoms with van der Waals surface area (Å²) in [7, 11) is 0. The fourth-order valence-electron chi connectivity index (χ4n) is 12.1. The first-order valence-electron chi connectivity index (χ1n) is 25.1. The molecule has 0 aliphatic heterocycles. The largest absolute Gasteiger partial charge is 0.310 e. The van der Waals surface area contributed by atoms with Crippen LogP contribution in [0.25, 0.3) is 44.5 Å². The molecule has 11 aromatic carbocycles. The number of hydrogen-bond acceptors (Lipinski definition) is 2. The smallest absolute Gasteiger partial charge is 0.0715 e. The van der Waals surface area contributed by atoms with Crippen molar-refractivity contribution in [2.75, 3.05) is 9.80 Å². The molecule has 0 aromatic heterocycles. The molecule has 2 aliphatic carbocycles. The Bertz CT molecular complexity index is 3720. The van der Waals surface area contributed by atoms with Gasteiger partial charge in [-0.1, -0.05) is 226 Å². The van der Waals surface area contributed by atoms with Crippen LogP contribution in [0, 0.1) is 0 Å². The molecule has 13 rings (SSSR count). The average Bonchev–Trinajstić information content (AvgIpc) is 3.87. The maximum atomic E-state index is 2.52. The van der Waals surface area contributed by atoms with Gasteiger partial charge in [0.1, 0.15) is 0 Å². The highest BCUT2D eigenvalue weighted by atomic mass is 15.2. The van der Waals surface area contributed by atoms with E-state index in [0.717, 1.165) is 56.4 Å². The monoisotopic (exact) mass is 920 g/mol. The Hall–Kier alpha value is -8.98. The Morgan fingerprint density at radius 2 is 0.681 bits per heavy atom. The summed E-state index contributed by atoms with van der Waals surface area (Å²) in [6.45, 7) is 4.74. The second-order valence-corrected chi connectivity index (χ2v) is 19.6. The minimum atomic E-state index is -0.732. The van der Waals surface area contributed by atoms with E-state index in [1.165, 1.54) is 55.6 Å². The molecule has 0 heterocycles.